The van der Waals surface area contributed by atoms with Crippen molar-refractivity contribution in [3.8, 4) is 11.3 Å². The fourth-order valence-electron chi connectivity index (χ4n) is 4.09. The minimum absolute atomic E-state index is 0.142. The van der Waals surface area contributed by atoms with E-state index in [-0.39, 0.29) is 17.7 Å². The fourth-order valence-corrected chi connectivity index (χ4v) is 4.09. The second-order valence-electron chi connectivity index (χ2n) is 8.09. The van der Waals surface area contributed by atoms with E-state index in [2.05, 4.69) is 44.1 Å². The molecule has 10 heteroatoms. The normalized spacial score (nSPS) is 18.8. The molecule has 0 amide bonds. The van der Waals surface area contributed by atoms with E-state index >= 15 is 0 Å². The van der Waals surface area contributed by atoms with Crippen LogP contribution in [0, 0.1) is 0 Å². The first kappa shape index (κ1) is 21.2. The molecule has 1 fully saturated rings. The summed E-state index contributed by atoms with van der Waals surface area (Å²) in [6, 6.07) is 10.9. The number of rotatable bonds is 5. The van der Waals surface area contributed by atoms with Crippen molar-refractivity contribution in [3.63, 3.8) is 0 Å². The van der Waals surface area contributed by atoms with Gasteiger partial charge in [-0.05, 0) is 44.2 Å². The van der Waals surface area contributed by atoms with Gasteiger partial charge in [0.1, 0.15) is 17.2 Å². The van der Waals surface area contributed by atoms with Crippen LogP contribution < -0.4 is 10.2 Å². The molecule has 1 N–H and O–H groups in total. The molecular formula is C23H23F2N7O. The Morgan fingerprint density at radius 2 is 1.82 bits per heavy atom. The SMILES string of the molecule is C[C@@H]1CN(c2cc(Nc3cc(-c4ccc5c(cnn5C(F)F)n4)ccn3)ccn2)C[C@H](C)O1. The van der Waals surface area contributed by atoms with Crippen molar-refractivity contribution in [1.29, 1.82) is 0 Å². The average Bonchev–Trinajstić information content (AvgIpc) is 3.22. The van der Waals surface area contributed by atoms with E-state index in [0.717, 1.165) is 30.2 Å². The van der Waals surface area contributed by atoms with Crippen LogP contribution >= 0.6 is 0 Å². The number of aromatic nitrogens is 5. The zero-order valence-electron chi connectivity index (χ0n) is 18.2. The minimum Gasteiger partial charge on any atom is -0.372 e. The fraction of sp³-hybridized carbons (Fsp3) is 0.304. The van der Waals surface area contributed by atoms with Gasteiger partial charge in [-0.3, -0.25) is 0 Å². The van der Waals surface area contributed by atoms with Gasteiger partial charge in [0.25, 0.3) is 0 Å². The van der Waals surface area contributed by atoms with Crippen LogP contribution in [0.3, 0.4) is 0 Å². The first-order valence-corrected chi connectivity index (χ1v) is 10.7. The van der Waals surface area contributed by atoms with Crippen molar-refractivity contribution < 1.29 is 13.5 Å². The Bertz CT molecular complexity index is 1270. The van der Waals surface area contributed by atoms with Gasteiger partial charge in [-0.25, -0.2) is 19.6 Å². The van der Waals surface area contributed by atoms with Gasteiger partial charge in [0.05, 0.1) is 29.6 Å². The summed E-state index contributed by atoms with van der Waals surface area (Å²) in [7, 11) is 0. The molecule has 0 aromatic carbocycles. The predicted octanol–water partition coefficient (Wildman–Crippen LogP) is 4.64. The van der Waals surface area contributed by atoms with Gasteiger partial charge in [-0.2, -0.15) is 13.9 Å². The van der Waals surface area contributed by atoms with Crippen molar-refractivity contribution in [2.45, 2.75) is 32.6 Å². The third-order valence-corrected chi connectivity index (χ3v) is 5.46. The van der Waals surface area contributed by atoms with E-state index in [9.17, 15) is 8.78 Å². The molecule has 5 rings (SSSR count). The smallest absolute Gasteiger partial charge is 0.333 e. The molecular weight excluding hydrogens is 428 g/mol. The second-order valence-corrected chi connectivity index (χ2v) is 8.09. The molecule has 1 aliphatic heterocycles. The highest BCUT2D eigenvalue weighted by molar-refractivity contribution is 5.78. The molecule has 4 aromatic rings. The number of nitrogens with one attached hydrogen (secondary N) is 1. The number of ether oxygens (including phenoxy) is 1. The number of anilines is 3. The molecule has 0 spiro atoms. The van der Waals surface area contributed by atoms with E-state index in [1.54, 1.807) is 24.5 Å². The van der Waals surface area contributed by atoms with E-state index in [1.807, 2.05) is 24.3 Å². The zero-order valence-corrected chi connectivity index (χ0v) is 18.2. The molecule has 0 aliphatic carbocycles. The molecule has 5 heterocycles. The molecule has 170 valence electrons. The van der Waals surface area contributed by atoms with E-state index in [1.165, 1.54) is 6.20 Å². The lowest BCUT2D eigenvalue weighted by Gasteiger charge is -2.36. The molecule has 0 unspecified atom stereocenters. The van der Waals surface area contributed by atoms with E-state index in [4.69, 9.17) is 4.74 Å². The lowest BCUT2D eigenvalue weighted by molar-refractivity contribution is -0.00545. The van der Waals surface area contributed by atoms with E-state index < -0.39 is 6.55 Å². The second kappa shape index (κ2) is 8.70. The number of hydrogen-bond donors (Lipinski definition) is 1. The summed E-state index contributed by atoms with van der Waals surface area (Å²) in [4.78, 5) is 15.6. The zero-order chi connectivity index (χ0) is 22.9. The molecule has 2 atom stereocenters. The van der Waals surface area contributed by atoms with Gasteiger partial charge in [0.15, 0.2) is 0 Å². The molecule has 1 saturated heterocycles. The Hall–Kier alpha value is -3.66. The molecule has 1 aliphatic rings. The maximum Gasteiger partial charge on any atom is 0.333 e. The standard InChI is InChI=1S/C23H23F2N7O/c1-14-12-31(13-15(2)33-14)22-10-17(6-8-27-22)29-21-9-16(5-7-26-21)18-3-4-20-19(30-18)11-28-32(20)23(24)25/h3-11,14-15,23H,12-13H2,1-2H3,(H,26,27,29)/t14-,15+. The monoisotopic (exact) mass is 451 g/mol. The lowest BCUT2D eigenvalue weighted by Crippen LogP contribution is -2.45. The van der Waals surface area contributed by atoms with Gasteiger partial charge >= 0.3 is 6.55 Å². The van der Waals surface area contributed by atoms with Gasteiger partial charge in [-0.1, -0.05) is 0 Å². The Balaban J connectivity index is 1.37. The molecule has 33 heavy (non-hydrogen) atoms. The highest BCUT2D eigenvalue weighted by Gasteiger charge is 2.23. The van der Waals surface area contributed by atoms with Crippen molar-refractivity contribution in [1.82, 2.24) is 24.7 Å². The largest absolute Gasteiger partial charge is 0.372 e. The van der Waals surface area contributed by atoms with Crippen LogP contribution in [-0.2, 0) is 4.74 Å². The van der Waals surface area contributed by atoms with Crippen molar-refractivity contribution >= 4 is 28.4 Å². The van der Waals surface area contributed by atoms with E-state index in [0.29, 0.717) is 21.7 Å². The number of pyridine rings is 3. The van der Waals surface area contributed by atoms with Crippen LogP contribution in [0.25, 0.3) is 22.3 Å². The minimum atomic E-state index is -2.71. The highest BCUT2D eigenvalue weighted by Crippen LogP contribution is 2.27. The first-order chi connectivity index (χ1) is 16.0. The highest BCUT2D eigenvalue weighted by atomic mass is 19.3. The number of hydrogen-bond acceptors (Lipinski definition) is 7. The number of nitrogens with zero attached hydrogens (tertiary/aromatic N) is 6. The van der Waals surface area contributed by atoms with Crippen LogP contribution in [0.15, 0.2) is 55.0 Å². The number of morpholine rings is 1. The molecule has 8 nitrogen and oxygen atoms in total. The Morgan fingerprint density at radius 3 is 2.61 bits per heavy atom. The topological polar surface area (TPSA) is 81.0 Å². The summed E-state index contributed by atoms with van der Waals surface area (Å²) < 4.78 is 32.6. The molecule has 0 bridgehead atoms. The predicted molar refractivity (Wildman–Crippen MR) is 122 cm³/mol. The van der Waals surface area contributed by atoms with Crippen LogP contribution in [0.5, 0.6) is 0 Å². The number of fused-ring (bicyclic) bond motifs is 1. The number of alkyl halides is 2. The van der Waals surface area contributed by atoms with Crippen LogP contribution in [-0.4, -0.2) is 50.0 Å². The maximum atomic E-state index is 13.0. The number of halogens is 2. The van der Waals surface area contributed by atoms with Crippen LogP contribution in [0.1, 0.15) is 20.4 Å². The molecule has 4 aromatic heterocycles. The third-order valence-electron chi connectivity index (χ3n) is 5.46. The van der Waals surface area contributed by atoms with Crippen molar-refractivity contribution in [2.75, 3.05) is 23.3 Å². The Kier molecular flexibility index (Phi) is 5.59. The van der Waals surface area contributed by atoms with Crippen LogP contribution in [0.2, 0.25) is 0 Å². The van der Waals surface area contributed by atoms with Gasteiger partial charge in [0.2, 0.25) is 0 Å². The average molecular weight is 451 g/mol. The van der Waals surface area contributed by atoms with Crippen molar-refractivity contribution in [2.24, 2.45) is 0 Å². The summed E-state index contributed by atoms with van der Waals surface area (Å²) in [5, 5.41) is 7.04. The van der Waals surface area contributed by atoms with Gasteiger partial charge in [-0.15, -0.1) is 0 Å². The maximum absolute atomic E-state index is 13.0. The quantitative estimate of drug-likeness (QED) is 0.473. The van der Waals surface area contributed by atoms with Crippen LogP contribution in [0.4, 0.5) is 26.1 Å². The van der Waals surface area contributed by atoms with Crippen molar-refractivity contribution in [3.05, 3.63) is 55.0 Å². The lowest BCUT2D eigenvalue weighted by atomic mass is 10.1. The van der Waals surface area contributed by atoms with Gasteiger partial charge in [0, 0.05) is 42.8 Å². The Morgan fingerprint density at radius 1 is 1.03 bits per heavy atom. The third kappa shape index (κ3) is 4.47. The summed E-state index contributed by atoms with van der Waals surface area (Å²) in [6.07, 6.45) is 5.07. The first-order valence-electron chi connectivity index (χ1n) is 10.7. The van der Waals surface area contributed by atoms with Gasteiger partial charge < -0.3 is 15.0 Å². The Labute approximate surface area is 189 Å². The summed E-state index contributed by atoms with van der Waals surface area (Å²) in [6.45, 7) is 2.98. The summed E-state index contributed by atoms with van der Waals surface area (Å²) >= 11 is 0. The molecule has 0 radical (unpaired) electrons. The summed E-state index contributed by atoms with van der Waals surface area (Å²) in [5.74, 6) is 1.51. The summed E-state index contributed by atoms with van der Waals surface area (Å²) in [5.41, 5.74) is 3.01. The molecule has 0 saturated carbocycles.